The van der Waals surface area contributed by atoms with Crippen LogP contribution in [-0.4, -0.2) is 39.4 Å². The fourth-order valence-electron chi connectivity index (χ4n) is 2.27. The fraction of sp³-hybridized carbons (Fsp3) is 0.438. The van der Waals surface area contributed by atoms with Crippen molar-refractivity contribution >= 4 is 16.5 Å². The second-order valence-electron chi connectivity index (χ2n) is 4.60. The van der Waals surface area contributed by atoms with Crippen LogP contribution in [0.15, 0.2) is 17.5 Å². The number of thiazole rings is 1. The second kappa shape index (κ2) is 7.35. The molecule has 1 heterocycles. The third kappa shape index (κ3) is 3.11. The SMILES string of the molecule is CCN(CC)c1nc(-c2cc(OC)c(OC)c(OC)c2)cs1. The molecule has 0 aliphatic carbocycles. The van der Waals surface area contributed by atoms with Gasteiger partial charge in [-0.15, -0.1) is 11.3 Å². The quantitative estimate of drug-likeness (QED) is 0.778. The van der Waals surface area contributed by atoms with E-state index in [2.05, 4.69) is 18.7 Å². The Morgan fingerprint density at radius 1 is 1.00 bits per heavy atom. The average Bonchev–Trinajstić information content (AvgIpc) is 3.04. The van der Waals surface area contributed by atoms with Gasteiger partial charge in [0.25, 0.3) is 0 Å². The summed E-state index contributed by atoms with van der Waals surface area (Å²) in [4.78, 5) is 6.95. The van der Waals surface area contributed by atoms with Crippen LogP contribution in [0, 0.1) is 0 Å². The normalized spacial score (nSPS) is 10.4. The lowest BCUT2D eigenvalue weighted by Crippen LogP contribution is -2.21. The molecule has 0 bridgehead atoms. The summed E-state index contributed by atoms with van der Waals surface area (Å²) >= 11 is 1.64. The molecule has 5 nitrogen and oxygen atoms in total. The van der Waals surface area contributed by atoms with Crippen LogP contribution in [0.1, 0.15) is 13.8 Å². The Labute approximate surface area is 135 Å². The molecule has 2 rings (SSSR count). The van der Waals surface area contributed by atoms with Gasteiger partial charge in [0, 0.05) is 24.0 Å². The molecule has 22 heavy (non-hydrogen) atoms. The first-order chi connectivity index (χ1) is 10.7. The first-order valence-corrected chi connectivity index (χ1v) is 8.07. The first-order valence-electron chi connectivity index (χ1n) is 7.19. The number of hydrogen-bond acceptors (Lipinski definition) is 6. The number of rotatable bonds is 7. The van der Waals surface area contributed by atoms with Crippen LogP contribution in [0.4, 0.5) is 5.13 Å². The molecule has 0 aliphatic heterocycles. The van der Waals surface area contributed by atoms with Crippen LogP contribution >= 0.6 is 11.3 Å². The van der Waals surface area contributed by atoms with Crippen molar-refractivity contribution < 1.29 is 14.2 Å². The minimum absolute atomic E-state index is 0.591. The van der Waals surface area contributed by atoms with Gasteiger partial charge >= 0.3 is 0 Å². The van der Waals surface area contributed by atoms with E-state index in [1.807, 2.05) is 17.5 Å². The monoisotopic (exact) mass is 322 g/mol. The third-order valence-electron chi connectivity index (χ3n) is 3.49. The van der Waals surface area contributed by atoms with E-state index in [1.54, 1.807) is 32.7 Å². The molecule has 0 aliphatic rings. The van der Waals surface area contributed by atoms with Gasteiger partial charge in [-0.2, -0.15) is 0 Å². The smallest absolute Gasteiger partial charge is 0.203 e. The van der Waals surface area contributed by atoms with Crippen LogP contribution in [0.25, 0.3) is 11.3 Å². The minimum atomic E-state index is 0.591. The van der Waals surface area contributed by atoms with Crippen LogP contribution in [0.5, 0.6) is 17.2 Å². The highest BCUT2D eigenvalue weighted by molar-refractivity contribution is 7.14. The summed E-state index contributed by atoms with van der Waals surface area (Å²) in [6.45, 7) is 6.14. The molecule has 1 aromatic heterocycles. The summed E-state index contributed by atoms with van der Waals surface area (Å²) in [7, 11) is 4.83. The van der Waals surface area contributed by atoms with E-state index in [1.165, 1.54) is 0 Å². The summed E-state index contributed by atoms with van der Waals surface area (Å²) in [5, 5.41) is 3.07. The molecule has 1 aromatic carbocycles. The van der Waals surface area contributed by atoms with Crippen molar-refractivity contribution in [3.8, 4) is 28.5 Å². The zero-order valence-electron chi connectivity index (χ0n) is 13.7. The molecule has 0 N–H and O–H groups in total. The van der Waals surface area contributed by atoms with E-state index in [4.69, 9.17) is 19.2 Å². The first kappa shape index (κ1) is 16.4. The summed E-state index contributed by atoms with van der Waals surface area (Å²) in [5.41, 5.74) is 1.86. The lowest BCUT2D eigenvalue weighted by atomic mass is 10.1. The summed E-state index contributed by atoms with van der Waals surface area (Å²) < 4.78 is 16.1. The van der Waals surface area contributed by atoms with Gasteiger partial charge in [-0.3, -0.25) is 0 Å². The van der Waals surface area contributed by atoms with E-state index in [-0.39, 0.29) is 0 Å². The Hall–Kier alpha value is -1.95. The highest BCUT2D eigenvalue weighted by Crippen LogP contribution is 2.41. The van der Waals surface area contributed by atoms with E-state index < -0.39 is 0 Å². The predicted molar refractivity (Wildman–Crippen MR) is 90.8 cm³/mol. The molecular formula is C16H22N2O3S. The van der Waals surface area contributed by atoms with E-state index in [9.17, 15) is 0 Å². The molecule has 0 radical (unpaired) electrons. The van der Waals surface area contributed by atoms with Crippen LogP contribution < -0.4 is 19.1 Å². The predicted octanol–water partition coefficient (Wildman–Crippen LogP) is 3.68. The van der Waals surface area contributed by atoms with E-state index in [0.29, 0.717) is 17.2 Å². The molecule has 0 amide bonds. The van der Waals surface area contributed by atoms with Crippen molar-refractivity contribution in [1.29, 1.82) is 0 Å². The number of anilines is 1. The molecule has 6 heteroatoms. The molecule has 0 atom stereocenters. The van der Waals surface area contributed by atoms with Gasteiger partial charge in [0.1, 0.15) is 0 Å². The molecule has 0 saturated carbocycles. The Kier molecular flexibility index (Phi) is 5.49. The number of hydrogen-bond donors (Lipinski definition) is 0. The maximum Gasteiger partial charge on any atom is 0.203 e. The molecule has 0 saturated heterocycles. The van der Waals surface area contributed by atoms with Gasteiger partial charge in [-0.25, -0.2) is 4.98 Å². The molecule has 0 spiro atoms. The van der Waals surface area contributed by atoms with Gasteiger partial charge in [-0.05, 0) is 26.0 Å². The van der Waals surface area contributed by atoms with Crippen LogP contribution in [0.3, 0.4) is 0 Å². The van der Waals surface area contributed by atoms with E-state index >= 15 is 0 Å². The van der Waals surface area contributed by atoms with Crippen LogP contribution in [0.2, 0.25) is 0 Å². The zero-order chi connectivity index (χ0) is 16.1. The maximum atomic E-state index is 5.40. The molecule has 0 unspecified atom stereocenters. The Bertz CT molecular complexity index is 599. The second-order valence-corrected chi connectivity index (χ2v) is 5.44. The summed E-state index contributed by atoms with van der Waals surface area (Å²) in [6, 6.07) is 3.84. The molecule has 2 aromatic rings. The number of methoxy groups -OCH3 is 3. The van der Waals surface area contributed by atoms with E-state index in [0.717, 1.165) is 29.5 Å². The van der Waals surface area contributed by atoms with Gasteiger partial charge in [0.15, 0.2) is 16.6 Å². The van der Waals surface area contributed by atoms with Crippen molar-refractivity contribution in [3.05, 3.63) is 17.5 Å². The average molecular weight is 322 g/mol. The van der Waals surface area contributed by atoms with Crippen molar-refractivity contribution in [1.82, 2.24) is 4.98 Å². The Morgan fingerprint density at radius 2 is 1.59 bits per heavy atom. The summed E-state index contributed by atoms with van der Waals surface area (Å²) in [6.07, 6.45) is 0. The van der Waals surface area contributed by atoms with Gasteiger partial charge in [-0.1, -0.05) is 0 Å². The largest absolute Gasteiger partial charge is 0.493 e. The molecule has 0 fully saturated rings. The topological polar surface area (TPSA) is 43.8 Å². The lowest BCUT2D eigenvalue weighted by Gasteiger charge is -2.16. The number of benzene rings is 1. The highest BCUT2D eigenvalue weighted by Gasteiger charge is 2.16. The number of aromatic nitrogens is 1. The van der Waals surface area contributed by atoms with Crippen molar-refractivity contribution in [3.63, 3.8) is 0 Å². The summed E-state index contributed by atoms with van der Waals surface area (Å²) in [5.74, 6) is 1.86. The van der Waals surface area contributed by atoms with Gasteiger partial charge < -0.3 is 19.1 Å². The number of nitrogens with zero attached hydrogens (tertiary/aromatic N) is 2. The fourth-order valence-corrected chi connectivity index (χ4v) is 3.23. The van der Waals surface area contributed by atoms with Crippen molar-refractivity contribution in [2.24, 2.45) is 0 Å². The van der Waals surface area contributed by atoms with Gasteiger partial charge in [0.2, 0.25) is 5.75 Å². The van der Waals surface area contributed by atoms with Crippen molar-refractivity contribution in [2.45, 2.75) is 13.8 Å². The lowest BCUT2D eigenvalue weighted by molar-refractivity contribution is 0.324. The Balaban J connectivity index is 2.44. The molecular weight excluding hydrogens is 300 g/mol. The highest BCUT2D eigenvalue weighted by atomic mass is 32.1. The molecule has 120 valence electrons. The number of ether oxygens (including phenoxy) is 3. The standard InChI is InChI=1S/C16H22N2O3S/c1-6-18(7-2)16-17-12(10-22-16)11-8-13(19-3)15(21-5)14(9-11)20-4/h8-10H,6-7H2,1-5H3. The van der Waals surface area contributed by atoms with Gasteiger partial charge in [0.05, 0.1) is 27.0 Å². The van der Waals surface area contributed by atoms with Crippen LogP contribution in [-0.2, 0) is 0 Å². The maximum absolute atomic E-state index is 5.40. The minimum Gasteiger partial charge on any atom is -0.493 e. The zero-order valence-corrected chi connectivity index (χ0v) is 14.5. The third-order valence-corrected chi connectivity index (χ3v) is 4.39. The van der Waals surface area contributed by atoms with Crippen molar-refractivity contribution in [2.75, 3.05) is 39.3 Å². The Morgan fingerprint density at radius 3 is 2.05 bits per heavy atom.